The van der Waals surface area contributed by atoms with Crippen molar-refractivity contribution in [1.82, 2.24) is 0 Å². The molecule has 3 heteroatoms. The number of nitrogens with two attached hydrogens (primary N) is 1. The molecule has 0 fully saturated rings. The average Bonchev–Trinajstić information content (AvgIpc) is 2.43. The Morgan fingerprint density at radius 1 is 1.50 bits per heavy atom. The first kappa shape index (κ1) is 14.7. The summed E-state index contributed by atoms with van der Waals surface area (Å²) in [5.74, 6) is 0.784. The Bertz CT molecular complexity index is 388. The predicted octanol–water partition coefficient (Wildman–Crippen LogP) is 2.80. The molecule has 1 unspecified atom stereocenters. The Morgan fingerprint density at radius 3 is 2.89 bits per heavy atom. The van der Waals surface area contributed by atoms with Gasteiger partial charge < -0.3 is 15.6 Å². The zero-order valence-electron chi connectivity index (χ0n) is 11.2. The molecule has 0 aliphatic carbocycles. The number of aliphatic hydroxyl groups excluding tert-OH is 1. The fourth-order valence-corrected chi connectivity index (χ4v) is 1.77. The van der Waals surface area contributed by atoms with Gasteiger partial charge in [-0.1, -0.05) is 30.7 Å². The maximum atomic E-state index is 9.65. The highest BCUT2D eigenvalue weighted by Gasteiger charge is 2.05. The molecule has 1 atom stereocenters. The van der Waals surface area contributed by atoms with E-state index in [1.807, 2.05) is 24.3 Å². The minimum Gasteiger partial charge on any atom is -0.493 e. The molecule has 0 bridgehead atoms. The molecule has 0 aliphatic heterocycles. The summed E-state index contributed by atoms with van der Waals surface area (Å²) in [7, 11) is 0. The van der Waals surface area contributed by atoms with Crippen LogP contribution in [0.5, 0.6) is 5.75 Å². The van der Waals surface area contributed by atoms with Crippen LogP contribution in [-0.4, -0.2) is 18.3 Å². The predicted molar refractivity (Wildman–Crippen MR) is 74.6 cm³/mol. The summed E-state index contributed by atoms with van der Waals surface area (Å²) < 4.78 is 5.68. The van der Waals surface area contributed by atoms with Gasteiger partial charge in [-0.05, 0) is 31.0 Å². The molecular weight excluding hydrogens is 226 g/mol. The Kier molecular flexibility index (Phi) is 6.47. The van der Waals surface area contributed by atoms with E-state index < -0.39 is 6.10 Å². The highest BCUT2D eigenvalue weighted by atomic mass is 16.5. The molecule has 1 rings (SSSR count). The van der Waals surface area contributed by atoms with E-state index in [0.29, 0.717) is 6.61 Å². The van der Waals surface area contributed by atoms with E-state index in [1.54, 1.807) is 0 Å². The van der Waals surface area contributed by atoms with Gasteiger partial charge in [0, 0.05) is 13.0 Å². The van der Waals surface area contributed by atoms with E-state index in [9.17, 15) is 5.11 Å². The molecule has 1 aromatic rings. The van der Waals surface area contributed by atoms with Crippen LogP contribution >= 0.6 is 0 Å². The average molecular weight is 249 g/mol. The summed E-state index contributed by atoms with van der Waals surface area (Å²) >= 11 is 0. The van der Waals surface area contributed by atoms with Crippen LogP contribution in [-0.2, 0) is 0 Å². The smallest absolute Gasteiger partial charge is 0.119 e. The number of hydrogen-bond acceptors (Lipinski definition) is 3. The second-order valence-corrected chi connectivity index (χ2v) is 4.22. The zero-order chi connectivity index (χ0) is 13.4. The fraction of sp³-hybridized carbons (Fsp3) is 0.467. The highest BCUT2D eigenvalue weighted by Crippen LogP contribution is 2.19. The number of allylic oxidation sites excluding steroid dienone is 1. The molecular formula is C15H23NO2. The Hall–Kier alpha value is -1.32. The first-order valence-electron chi connectivity index (χ1n) is 6.46. The summed E-state index contributed by atoms with van der Waals surface area (Å²) in [6, 6.07) is 7.47. The molecule has 0 saturated heterocycles. The largest absolute Gasteiger partial charge is 0.493 e. The molecule has 18 heavy (non-hydrogen) atoms. The third-order valence-electron chi connectivity index (χ3n) is 3.02. The Balaban J connectivity index is 2.52. The van der Waals surface area contributed by atoms with Crippen LogP contribution < -0.4 is 10.5 Å². The van der Waals surface area contributed by atoms with Crippen molar-refractivity contribution in [2.24, 2.45) is 5.73 Å². The summed E-state index contributed by atoms with van der Waals surface area (Å²) in [6.07, 6.45) is 3.52. The van der Waals surface area contributed by atoms with Crippen LogP contribution in [0.15, 0.2) is 35.9 Å². The standard InChI is InChI=1S/C15H23NO2/c1-3-12(4-2)8-9-18-14-7-5-6-13(10-14)15(17)11-16/h3,5-7,10,15,17H,4,8-9,11,16H2,1-2H3/b12-3+. The van der Waals surface area contributed by atoms with Gasteiger partial charge in [-0.25, -0.2) is 0 Å². The summed E-state index contributed by atoms with van der Waals surface area (Å²) in [6.45, 7) is 5.09. The summed E-state index contributed by atoms with van der Waals surface area (Å²) in [5, 5.41) is 9.65. The van der Waals surface area contributed by atoms with Crippen LogP contribution in [0.25, 0.3) is 0 Å². The lowest BCUT2D eigenvalue weighted by atomic mass is 10.1. The van der Waals surface area contributed by atoms with Crippen molar-refractivity contribution in [2.45, 2.75) is 32.8 Å². The van der Waals surface area contributed by atoms with E-state index >= 15 is 0 Å². The topological polar surface area (TPSA) is 55.5 Å². The summed E-state index contributed by atoms with van der Waals surface area (Å²) in [5.41, 5.74) is 7.63. The third kappa shape index (κ3) is 4.51. The number of aliphatic hydroxyl groups is 1. The van der Waals surface area contributed by atoms with E-state index in [4.69, 9.17) is 10.5 Å². The van der Waals surface area contributed by atoms with Crippen molar-refractivity contribution in [2.75, 3.05) is 13.2 Å². The molecule has 0 aromatic heterocycles. The van der Waals surface area contributed by atoms with Crippen molar-refractivity contribution >= 4 is 0 Å². The second-order valence-electron chi connectivity index (χ2n) is 4.22. The molecule has 1 aromatic carbocycles. The van der Waals surface area contributed by atoms with E-state index in [-0.39, 0.29) is 6.54 Å². The van der Waals surface area contributed by atoms with E-state index in [0.717, 1.165) is 24.2 Å². The molecule has 0 radical (unpaired) electrons. The lowest BCUT2D eigenvalue weighted by Gasteiger charge is -2.11. The van der Waals surface area contributed by atoms with Gasteiger partial charge in [0.15, 0.2) is 0 Å². The SMILES string of the molecule is C/C=C(\CC)CCOc1cccc(C(O)CN)c1. The minimum absolute atomic E-state index is 0.224. The Morgan fingerprint density at radius 2 is 2.28 bits per heavy atom. The van der Waals surface area contributed by atoms with Crippen LogP contribution in [0.4, 0.5) is 0 Å². The second kappa shape index (κ2) is 7.90. The van der Waals surface area contributed by atoms with Crippen molar-refractivity contribution in [1.29, 1.82) is 0 Å². The monoisotopic (exact) mass is 249 g/mol. The van der Waals surface area contributed by atoms with E-state index in [1.165, 1.54) is 5.57 Å². The number of benzene rings is 1. The van der Waals surface area contributed by atoms with Gasteiger partial charge in [-0.2, -0.15) is 0 Å². The van der Waals surface area contributed by atoms with Crippen LogP contribution in [0.1, 0.15) is 38.4 Å². The van der Waals surface area contributed by atoms with Crippen molar-refractivity contribution in [3.63, 3.8) is 0 Å². The van der Waals surface area contributed by atoms with Gasteiger partial charge in [0.05, 0.1) is 12.7 Å². The van der Waals surface area contributed by atoms with E-state index in [2.05, 4.69) is 19.9 Å². The molecule has 3 N–H and O–H groups in total. The van der Waals surface area contributed by atoms with Gasteiger partial charge in [-0.3, -0.25) is 0 Å². The maximum absolute atomic E-state index is 9.65. The quantitative estimate of drug-likeness (QED) is 0.731. The number of hydrogen-bond donors (Lipinski definition) is 2. The maximum Gasteiger partial charge on any atom is 0.119 e. The molecule has 100 valence electrons. The highest BCUT2D eigenvalue weighted by molar-refractivity contribution is 5.30. The Labute approximate surface area is 109 Å². The van der Waals surface area contributed by atoms with Crippen LogP contribution in [0.3, 0.4) is 0 Å². The van der Waals surface area contributed by atoms with Gasteiger partial charge >= 0.3 is 0 Å². The lowest BCUT2D eigenvalue weighted by molar-refractivity contribution is 0.186. The van der Waals surface area contributed by atoms with Crippen molar-refractivity contribution < 1.29 is 9.84 Å². The number of ether oxygens (including phenoxy) is 1. The normalized spacial score (nSPS) is 13.4. The third-order valence-corrected chi connectivity index (χ3v) is 3.02. The van der Waals surface area contributed by atoms with Crippen molar-refractivity contribution in [3.8, 4) is 5.75 Å². The first-order chi connectivity index (χ1) is 8.71. The molecule has 0 heterocycles. The molecule has 0 spiro atoms. The molecule has 0 saturated carbocycles. The first-order valence-corrected chi connectivity index (χ1v) is 6.46. The minimum atomic E-state index is -0.615. The summed E-state index contributed by atoms with van der Waals surface area (Å²) in [4.78, 5) is 0. The number of rotatable bonds is 7. The lowest BCUT2D eigenvalue weighted by Crippen LogP contribution is -2.11. The molecule has 3 nitrogen and oxygen atoms in total. The molecule has 0 aliphatic rings. The fourth-order valence-electron chi connectivity index (χ4n) is 1.77. The van der Waals surface area contributed by atoms with Crippen molar-refractivity contribution in [3.05, 3.63) is 41.5 Å². The van der Waals surface area contributed by atoms with Gasteiger partial charge in [0.25, 0.3) is 0 Å². The van der Waals surface area contributed by atoms with Gasteiger partial charge in [-0.15, -0.1) is 0 Å². The molecule has 0 amide bonds. The van der Waals surface area contributed by atoms with Crippen LogP contribution in [0, 0.1) is 0 Å². The van der Waals surface area contributed by atoms with Gasteiger partial charge in [0.1, 0.15) is 5.75 Å². The van der Waals surface area contributed by atoms with Gasteiger partial charge in [0.2, 0.25) is 0 Å². The zero-order valence-corrected chi connectivity index (χ0v) is 11.2. The van der Waals surface area contributed by atoms with Crippen LogP contribution in [0.2, 0.25) is 0 Å².